The third kappa shape index (κ3) is 7.25. The number of anilines is 1. The van der Waals surface area contributed by atoms with E-state index in [1.165, 1.54) is 11.1 Å². The molecule has 0 radical (unpaired) electrons. The van der Waals surface area contributed by atoms with Crippen molar-refractivity contribution in [1.29, 1.82) is 0 Å². The number of halogens is 2. The average Bonchev–Trinajstić information content (AvgIpc) is 3.24. The Hall–Kier alpha value is -3.22. The fourth-order valence-electron chi connectivity index (χ4n) is 7.85. The monoisotopic (exact) mass is 795 g/mol. The number of carbonyl (C=O) groups is 2. The van der Waals surface area contributed by atoms with Crippen LogP contribution in [0.5, 0.6) is 5.75 Å². The summed E-state index contributed by atoms with van der Waals surface area (Å²) in [4.78, 5) is 30.0. The second kappa shape index (κ2) is 14.3. The SMILES string of the molecule is CO[C@H]1/C=C/COC(C)(C)C(=O)N=[S@](=O)(NC(=O)c2ccc(Br)cc2)c2ccc3c(c2)N(C[C@@H]2CC[C@H]21)C[C@@]1(CCCc2cc(Cl)ccc21)CO3. The topological polar surface area (TPSA) is 107 Å². The van der Waals surface area contributed by atoms with Crippen molar-refractivity contribution >= 4 is 54.9 Å². The van der Waals surface area contributed by atoms with Crippen molar-refractivity contribution in [3.8, 4) is 5.75 Å². The first-order chi connectivity index (χ1) is 24.4. The van der Waals surface area contributed by atoms with Crippen LogP contribution in [0.15, 0.2) is 86.5 Å². The van der Waals surface area contributed by atoms with Crippen LogP contribution in [0.4, 0.5) is 5.69 Å². The number of nitrogens with one attached hydrogen (secondary N) is 1. The van der Waals surface area contributed by atoms with E-state index in [4.69, 9.17) is 25.8 Å². The molecule has 2 heterocycles. The number of methoxy groups -OCH3 is 1. The number of benzene rings is 3. The fourth-order valence-corrected chi connectivity index (χ4v) is 9.93. The predicted molar refractivity (Wildman–Crippen MR) is 202 cm³/mol. The van der Waals surface area contributed by atoms with Gasteiger partial charge in [-0.25, -0.2) is 4.21 Å². The van der Waals surface area contributed by atoms with Gasteiger partial charge in [0.1, 0.15) is 11.4 Å². The maximum atomic E-state index is 15.1. The first kappa shape index (κ1) is 36.2. The lowest BCUT2D eigenvalue weighted by Gasteiger charge is -2.46. The van der Waals surface area contributed by atoms with Crippen molar-refractivity contribution in [2.24, 2.45) is 16.2 Å². The fraction of sp³-hybridized carbons (Fsp3) is 0.436. The number of amides is 2. The Morgan fingerprint density at radius 1 is 1.12 bits per heavy atom. The minimum Gasteiger partial charge on any atom is -0.490 e. The van der Waals surface area contributed by atoms with Crippen molar-refractivity contribution in [2.45, 2.75) is 68.0 Å². The molecule has 0 saturated heterocycles. The van der Waals surface area contributed by atoms with Crippen molar-refractivity contribution in [3.63, 3.8) is 0 Å². The number of rotatable bonds is 3. The molecule has 7 rings (SSSR count). The molecular weight excluding hydrogens is 754 g/mol. The summed E-state index contributed by atoms with van der Waals surface area (Å²) in [7, 11) is -2.14. The van der Waals surface area contributed by atoms with Crippen molar-refractivity contribution in [2.75, 3.05) is 38.3 Å². The third-order valence-corrected chi connectivity index (χ3v) is 13.4. The molecule has 2 aliphatic carbocycles. The van der Waals surface area contributed by atoms with Crippen LogP contribution in [0.3, 0.4) is 0 Å². The van der Waals surface area contributed by atoms with E-state index in [1.807, 2.05) is 18.2 Å². The summed E-state index contributed by atoms with van der Waals surface area (Å²) < 4.78 is 41.4. The van der Waals surface area contributed by atoms with Crippen LogP contribution in [0.25, 0.3) is 0 Å². The highest BCUT2D eigenvalue weighted by atomic mass is 79.9. The summed E-state index contributed by atoms with van der Waals surface area (Å²) in [5.41, 5.74) is 1.77. The average molecular weight is 797 g/mol. The number of carbonyl (C=O) groups excluding carboxylic acids is 2. The number of nitrogens with zero attached hydrogens (tertiary/aromatic N) is 2. The molecule has 3 aromatic rings. The predicted octanol–water partition coefficient (Wildman–Crippen LogP) is 7.68. The molecule has 1 fully saturated rings. The zero-order chi connectivity index (χ0) is 36.0. The van der Waals surface area contributed by atoms with E-state index in [0.29, 0.717) is 24.8 Å². The number of fused-ring (bicyclic) bond motifs is 4. The van der Waals surface area contributed by atoms with Gasteiger partial charge in [-0.2, -0.15) is 0 Å². The summed E-state index contributed by atoms with van der Waals surface area (Å²) in [6.45, 7) is 5.15. The molecule has 3 aromatic carbocycles. The van der Waals surface area contributed by atoms with Gasteiger partial charge in [-0.1, -0.05) is 45.7 Å². The molecule has 2 amide bonds. The van der Waals surface area contributed by atoms with Crippen LogP contribution in [0.1, 0.15) is 61.0 Å². The van der Waals surface area contributed by atoms with Gasteiger partial charge in [0, 0.05) is 40.7 Å². The lowest BCUT2D eigenvalue weighted by molar-refractivity contribution is -0.137. The van der Waals surface area contributed by atoms with E-state index in [9.17, 15) is 9.59 Å². The van der Waals surface area contributed by atoms with E-state index in [1.54, 1.807) is 63.4 Å². The highest BCUT2D eigenvalue weighted by Gasteiger charge is 2.44. The molecule has 1 N–H and O–H groups in total. The van der Waals surface area contributed by atoms with E-state index in [-0.39, 0.29) is 34.5 Å². The molecule has 270 valence electrons. The Balaban J connectivity index is 1.37. The Bertz CT molecular complexity index is 1990. The van der Waals surface area contributed by atoms with Crippen LogP contribution >= 0.6 is 27.5 Å². The van der Waals surface area contributed by atoms with Gasteiger partial charge in [0.25, 0.3) is 11.8 Å². The number of hydrogen-bond donors (Lipinski definition) is 1. The van der Waals surface area contributed by atoms with Crippen molar-refractivity contribution in [3.05, 3.63) is 99.0 Å². The smallest absolute Gasteiger partial charge is 0.287 e. The zero-order valence-electron chi connectivity index (χ0n) is 29.0. The quantitative estimate of drug-likeness (QED) is 0.271. The summed E-state index contributed by atoms with van der Waals surface area (Å²) in [5, 5.41) is 0.723. The first-order valence-electron chi connectivity index (χ1n) is 17.4. The Labute approximate surface area is 313 Å². The lowest BCUT2D eigenvalue weighted by Crippen LogP contribution is -2.49. The maximum absolute atomic E-state index is 15.1. The van der Waals surface area contributed by atoms with E-state index < -0.39 is 27.3 Å². The number of aryl methyl sites for hydroxylation is 1. The summed E-state index contributed by atoms with van der Waals surface area (Å²) >= 11 is 9.86. The molecular formula is C39H43BrClN3O6S. The Kier molecular flexibility index (Phi) is 10.1. The van der Waals surface area contributed by atoms with Gasteiger partial charge >= 0.3 is 0 Å². The largest absolute Gasteiger partial charge is 0.490 e. The van der Waals surface area contributed by atoms with Crippen molar-refractivity contribution < 1.29 is 28.0 Å². The minimum absolute atomic E-state index is 0.114. The molecule has 1 spiro atoms. The Morgan fingerprint density at radius 2 is 1.92 bits per heavy atom. The van der Waals surface area contributed by atoms with Crippen LogP contribution in [-0.4, -0.2) is 61.1 Å². The molecule has 5 atom stereocenters. The van der Waals surface area contributed by atoms with Gasteiger partial charge in [0.05, 0.1) is 29.9 Å². The summed E-state index contributed by atoms with van der Waals surface area (Å²) in [6.07, 6.45) is 8.74. The highest BCUT2D eigenvalue weighted by Crippen LogP contribution is 2.47. The van der Waals surface area contributed by atoms with Crippen molar-refractivity contribution in [1.82, 2.24) is 4.72 Å². The third-order valence-electron chi connectivity index (χ3n) is 10.9. The van der Waals surface area contributed by atoms with Crippen LogP contribution < -0.4 is 14.4 Å². The van der Waals surface area contributed by atoms with Gasteiger partial charge in [0.15, 0.2) is 9.92 Å². The molecule has 2 bridgehead atoms. The zero-order valence-corrected chi connectivity index (χ0v) is 32.2. The molecule has 1 saturated carbocycles. The van der Waals surface area contributed by atoms with Crippen LogP contribution in [0.2, 0.25) is 5.02 Å². The maximum Gasteiger partial charge on any atom is 0.287 e. The summed E-state index contributed by atoms with van der Waals surface area (Å²) in [5.74, 6) is -0.138. The number of ether oxygens (including phenoxy) is 3. The summed E-state index contributed by atoms with van der Waals surface area (Å²) in [6, 6.07) is 18.1. The van der Waals surface area contributed by atoms with Gasteiger partial charge in [-0.15, -0.1) is 4.36 Å². The van der Waals surface area contributed by atoms with Crippen LogP contribution in [-0.2, 0) is 36.0 Å². The molecule has 9 nitrogen and oxygen atoms in total. The molecule has 0 aromatic heterocycles. The van der Waals surface area contributed by atoms with Gasteiger partial charge in [-0.3, -0.25) is 14.3 Å². The minimum atomic E-state index is -3.87. The standard InChI is InChI=1S/C39H43BrClN3O6S/c1-38(2)37(46)43-51(47,42-36(45)25-8-11-28(40)12-9-25)30-14-17-35-33(21-30)44(22-27-10-15-31(27)34(48-3)7-5-19-50-38)23-39(24-49-35)18-4-6-26-20-29(41)13-16-32(26)39/h5,7-9,11-14,16-17,20-21,27,31,34H,4,6,10,15,18-19,22-24H2,1-3H3,(H,42,43,45,46,47)/b7-5+/t27-,31+,34-,39-,51+/m0/s1. The van der Waals surface area contributed by atoms with Gasteiger partial charge < -0.3 is 19.1 Å². The lowest BCUT2D eigenvalue weighted by atomic mass is 9.68. The van der Waals surface area contributed by atoms with E-state index in [2.05, 4.69) is 42.0 Å². The normalized spacial score (nSPS) is 29.3. The Morgan fingerprint density at radius 3 is 2.67 bits per heavy atom. The van der Waals surface area contributed by atoms with Gasteiger partial charge in [-0.05, 0) is 124 Å². The molecule has 12 heteroatoms. The molecule has 51 heavy (non-hydrogen) atoms. The molecule has 4 aliphatic rings. The van der Waals surface area contributed by atoms with Gasteiger partial charge in [0.2, 0.25) is 0 Å². The number of hydrogen-bond acceptors (Lipinski definition) is 7. The highest BCUT2D eigenvalue weighted by molar-refractivity contribution is 9.10. The van der Waals surface area contributed by atoms with E-state index >= 15 is 4.21 Å². The van der Waals surface area contributed by atoms with Crippen LogP contribution in [0, 0.1) is 11.8 Å². The second-order valence-corrected chi connectivity index (χ2v) is 17.8. The molecule has 0 unspecified atom stereocenters. The first-order valence-corrected chi connectivity index (χ1v) is 20.1. The second-order valence-electron chi connectivity index (χ2n) is 14.5. The van der Waals surface area contributed by atoms with E-state index in [0.717, 1.165) is 53.8 Å². The molecule has 2 aliphatic heterocycles.